The number of halogens is 1. The fourth-order valence-corrected chi connectivity index (χ4v) is 6.49. The van der Waals surface area contributed by atoms with Crippen LogP contribution in [0.4, 0.5) is 10.2 Å². The van der Waals surface area contributed by atoms with Crippen molar-refractivity contribution in [2.24, 2.45) is 5.92 Å². The number of aliphatic carboxylic acids is 1. The second kappa shape index (κ2) is 11.7. The minimum Gasteiger partial charge on any atom is -0.490 e. The molecule has 5 heterocycles. The van der Waals surface area contributed by atoms with Gasteiger partial charge in [-0.05, 0) is 49.8 Å². The molecule has 3 aromatic heterocycles. The Morgan fingerprint density at radius 1 is 1.07 bits per heavy atom. The highest BCUT2D eigenvalue weighted by Crippen LogP contribution is 2.42. The Labute approximate surface area is 259 Å². The number of rotatable bonds is 9. The standard InChI is InChI=1S/C33H35FN6O5/c1-19-23-6-4-3-5-20(23)10-12-39(19)32(41)25-15-26(21-7-8-21)40-29(35-25)16-24(37-40)30-27(45-14-13-44-2)17-28(36-31(30)34)38-11-9-22(18-38)33(42)43/h3-6,15-17,19,21-22H,7-14,18H2,1-2H3,(H,42,43)/t19-,22?/m1/s1. The van der Waals surface area contributed by atoms with Gasteiger partial charge in [-0.2, -0.15) is 9.49 Å². The van der Waals surface area contributed by atoms with Gasteiger partial charge in [0.25, 0.3) is 5.91 Å². The zero-order valence-corrected chi connectivity index (χ0v) is 25.3. The van der Waals surface area contributed by atoms with Crippen molar-refractivity contribution in [2.75, 3.05) is 44.9 Å². The molecule has 1 saturated carbocycles. The van der Waals surface area contributed by atoms with Crippen molar-refractivity contribution in [3.05, 3.63) is 70.9 Å². The van der Waals surface area contributed by atoms with Crippen LogP contribution in [0.1, 0.15) is 65.5 Å². The molecule has 1 saturated heterocycles. The summed E-state index contributed by atoms with van der Waals surface area (Å²) in [5, 5.41) is 14.2. The molecular weight excluding hydrogens is 579 g/mol. The number of pyridine rings is 1. The van der Waals surface area contributed by atoms with E-state index < -0.39 is 17.8 Å². The molecule has 1 amide bonds. The van der Waals surface area contributed by atoms with E-state index in [1.54, 1.807) is 28.7 Å². The third kappa shape index (κ3) is 5.47. The van der Waals surface area contributed by atoms with E-state index in [1.807, 2.05) is 30.0 Å². The van der Waals surface area contributed by atoms with Crippen molar-refractivity contribution in [1.29, 1.82) is 0 Å². The van der Waals surface area contributed by atoms with Gasteiger partial charge in [-0.15, -0.1) is 0 Å². The van der Waals surface area contributed by atoms with E-state index in [1.165, 1.54) is 5.56 Å². The predicted octanol–water partition coefficient (Wildman–Crippen LogP) is 4.50. The number of fused-ring (bicyclic) bond motifs is 2. The molecule has 1 unspecified atom stereocenters. The third-order valence-electron chi connectivity index (χ3n) is 9.11. The number of carbonyl (C=O) groups is 2. The molecule has 0 radical (unpaired) electrons. The van der Waals surface area contributed by atoms with Gasteiger partial charge in [-0.25, -0.2) is 14.5 Å². The number of methoxy groups -OCH3 is 1. The van der Waals surface area contributed by atoms with Gasteiger partial charge in [-0.3, -0.25) is 9.59 Å². The van der Waals surface area contributed by atoms with Crippen LogP contribution in [-0.4, -0.2) is 81.4 Å². The zero-order valence-electron chi connectivity index (χ0n) is 25.3. The average molecular weight is 615 g/mol. The summed E-state index contributed by atoms with van der Waals surface area (Å²) in [6, 6.07) is 13.2. The monoisotopic (exact) mass is 614 g/mol. The molecule has 12 heteroatoms. The van der Waals surface area contributed by atoms with Crippen molar-refractivity contribution in [3.63, 3.8) is 0 Å². The molecule has 7 rings (SSSR count). The first-order valence-electron chi connectivity index (χ1n) is 15.4. The third-order valence-corrected chi connectivity index (χ3v) is 9.11. The van der Waals surface area contributed by atoms with Gasteiger partial charge in [0.2, 0.25) is 5.95 Å². The smallest absolute Gasteiger partial charge is 0.308 e. The minimum atomic E-state index is -0.882. The van der Waals surface area contributed by atoms with Crippen LogP contribution in [0.5, 0.6) is 5.75 Å². The van der Waals surface area contributed by atoms with Crippen LogP contribution in [0.3, 0.4) is 0 Å². The van der Waals surface area contributed by atoms with E-state index in [0.29, 0.717) is 36.7 Å². The van der Waals surface area contributed by atoms with Crippen molar-refractivity contribution in [3.8, 4) is 17.0 Å². The molecule has 0 spiro atoms. The molecule has 4 aromatic rings. The Balaban J connectivity index is 1.26. The maximum Gasteiger partial charge on any atom is 0.308 e. The molecule has 1 N–H and O–H groups in total. The van der Waals surface area contributed by atoms with Gasteiger partial charge in [0.1, 0.15) is 29.6 Å². The molecule has 0 bridgehead atoms. The molecular formula is C33H35FN6O5. The summed E-state index contributed by atoms with van der Waals surface area (Å²) in [5.74, 6) is -1.60. The number of hydrogen-bond donors (Lipinski definition) is 1. The Bertz CT molecular complexity index is 1790. The lowest BCUT2D eigenvalue weighted by molar-refractivity contribution is -0.140. The van der Waals surface area contributed by atoms with Gasteiger partial charge in [0.05, 0.1) is 24.1 Å². The summed E-state index contributed by atoms with van der Waals surface area (Å²) in [4.78, 5) is 38.0. The van der Waals surface area contributed by atoms with Crippen LogP contribution in [0.2, 0.25) is 0 Å². The first-order chi connectivity index (χ1) is 21.8. The molecule has 11 nitrogen and oxygen atoms in total. The molecule has 3 aliphatic rings. The highest BCUT2D eigenvalue weighted by atomic mass is 19.1. The SMILES string of the molecule is COCCOc1cc(N2CCC(C(=O)O)C2)nc(F)c1-c1cc2nc(C(=O)N3CCc4ccccc4[C@H]3C)cc(C3CC3)n2n1. The van der Waals surface area contributed by atoms with E-state index in [0.717, 1.165) is 30.5 Å². The van der Waals surface area contributed by atoms with Crippen LogP contribution in [0.25, 0.3) is 16.9 Å². The number of amides is 1. The fraction of sp³-hybridized carbons (Fsp3) is 0.424. The van der Waals surface area contributed by atoms with E-state index >= 15 is 4.39 Å². The van der Waals surface area contributed by atoms with E-state index in [4.69, 9.17) is 19.6 Å². The average Bonchev–Trinajstić information content (AvgIpc) is 3.59. The van der Waals surface area contributed by atoms with E-state index in [-0.39, 0.29) is 54.6 Å². The van der Waals surface area contributed by atoms with Crippen molar-refractivity contribution in [2.45, 2.75) is 44.6 Å². The van der Waals surface area contributed by atoms with Crippen molar-refractivity contribution in [1.82, 2.24) is 24.5 Å². The summed E-state index contributed by atoms with van der Waals surface area (Å²) in [5.41, 5.74) is 4.41. The number of carboxylic acid groups (broad SMARTS) is 1. The zero-order chi connectivity index (χ0) is 31.2. The summed E-state index contributed by atoms with van der Waals surface area (Å²) >= 11 is 0. The highest BCUT2D eigenvalue weighted by Gasteiger charge is 2.34. The summed E-state index contributed by atoms with van der Waals surface area (Å²) in [7, 11) is 1.55. The van der Waals surface area contributed by atoms with Crippen LogP contribution < -0.4 is 9.64 Å². The number of aromatic nitrogens is 4. The van der Waals surface area contributed by atoms with Crippen molar-refractivity contribution >= 4 is 23.3 Å². The lowest BCUT2D eigenvalue weighted by Gasteiger charge is -2.35. The molecule has 45 heavy (non-hydrogen) atoms. The molecule has 234 valence electrons. The van der Waals surface area contributed by atoms with Crippen molar-refractivity contribution < 1.29 is 28.6 Å². The second-order valence-corrected chi connectivity index (χ2v) is 12.0. The van der Waals surface area contributed by atoms with Crippen LogP contribution in [-0.2, 0) is 16.0 Å². The van der Waals surface area contributed by atoms with E-state index in [2.05, 4.69) is 17.1 Å². The van der Waals surface area contributed by atoms with Crippen LogP contribution >= 0.6 is 0 Å². The van der Waals surface area contributed by atoms with Gasteiger partial charge in [0.15, 0.2) is 5.65 Å². The maximum absolute atomic E-state index is 15.9. The van der Waals surface area contributed by atoms with Gasteiger partial charge >= 0.3 is 5.97 Å². The number of carboxylic acids is 1. The normalized spacial score (nSPS) is 19.6. The van der Waals surface area contributed by atoms with Crippen LogP contribution in [0, 0.1) is 11.9 Å². The summed E-state index contributed by atoms with van der Waals surface area (Å²) in [6.45, 7) is 3.78. The number of ether oxygens (including phenoxy) is 2. The highest BCUT2D eigenvalue weighted by molar-refractivity contribution is 5.93. The Morgan fingerprint density at radius 3 is 2.64 bits per heavy atom. The molecule has 1 aromatic carbocycles. The van der Waals surface area contributed by atoms with Gasteiger partial charge < -0.3 is 24.4 Å². The number of nitrogens with zero attached hydrogens (tertiary/aromatic N) is 6. The minimum absolute atomic E-state index is 0.0743. The summed E-state index contributed by atoms with van der Waals surface area (Å²) in [6.07, 6.45) is 3.17. The first-order valence-corrected chi connectivity index (χ1v) is 15.4. The lowest BCUT2D eigenvalue weighted by atomic mass is 9.93. The second-order valence-electron chi connectivity index (χ2n) is 12.0. The number of hydrogen-bond acceptors (Lipinski definition) is 8. The van der Waals surface area contributed by atoms with Crippen LogP contribution in [0.15, 0.2) is 42.5 Å². The topological polar surface area (TPSA) is 122 Å². The Kier molecular flexibility index (Phi) is 7.60. The molecule has 1 aliphatic carbocycles. The molecule has 2 atom stereocenters. The lowest BCUT2D eigenvalue weighted by Crippen LogP contribution is -2.39. The van der Waals surface area contributed by atoms with Gasteiger partial charge in [0, 0.05) is 50.5 Å². The number of benzene rings is 1. The molecule has 2 aliphatic heterocycles. The number of carbonyl (C=O) groups excluding carboxylic acids is 1. The predicted molar refractivity (Wildman–Crippen MR) is 163 cm³/mol. The van der Waals surface area contributed by atoms with Gasteiger partial charge in [-0.1, -0.05) is 24.3 Å². The fourth-order valence-electron chi connectivity index (χ4n) is 6.49. The Morgan fingerprint density at radius 2 is 1.89 bits per heavy atom. The Hall–Kier alpha value is -4.58. The summed E-state index contributed by atoms with van der Waals surface area (Å²) < 4.78 is 28.8. The van der Waals surface area contributed by atoms with E-state index in [9.17, 15) is 14.7 Å². The largest absolute Gasteiger partial charge is 0.490 e. The first kappa shape index (κ1) is 29.1. The number of anilines is 1. The maximum atomic E-state index is 15.9. The quantitative estimate of drug-likeness (QED) is 0.214. The molecule has 2 fully saturated rings.